The van der Waals surface area contributed by atoms with Crippen LogP contribution in [0.25, 0.3) is 11.8 Å². The largest absolute Gasteiger partial charge is 0.495 e. The quantitative estimate of drug-likeness (QED) is 0.222. The number of methoxy groups -OCH3 is 1. The van der Waals surface area contributed by atoms with Crippen molar-refractivity contribution in [1.29, 1.82) is 0 Å². The summed E-state index contributed by atoms with van der Waals surface area (Å²) in [5, 5.41) is 2.65. The Morgan fingerprint density at radius 1 is 1.06 bits per heavy atom. The van der Waals surface area contributed by atoms with E-state index in [0.29, 0.717) is 11.4 Å². The van der Waals surface area contributed by atoms with Gasteiger partial charge in [-0.1, -0.05) is 18.2 Å². The van der Waals surface area contributed by atoms with Crippen molar-refractivity contribution in [3.05, 3.63) is 80.7 Å². The van der Waals surface area contributed by atoms with Crippen molar-refractivity contribution in [2.75, 3.05) is 12.0 Å². The molecule has 1 aromatic heterocycles. The Hall–Kier alpha value is -2.98. The third kappa shape index (κ3) is 3.95. The number of hydrogen-bond donors (Lipinski definition) is 1. The molecular weight excluding hydrogens is 537 g/mol. The number of hydrogen-bond acceptors (Lipinski definition) is 4. The second-order valence-corrected chi connectivity index (χ2v) is 8.90. The van der Waals surface area contributed by atoms with Crippen LogP contribution in [0, 0.1) is 17.4 Å². The van der Waals surface area contributed by atoms with E-state index < -0.39 is 11.8 Å². The molecule has 2 amide bonds. The fourth-order valence-electron chi connectivity index (χ4n) is 3.79. The van der Waals surface area contributed by atoms with E-state index in [1.54, 1.807) is 30.3 Å². The maximum atomic E-state index is 13.4. The van der Waals surface area contributed by atoms with Crippen LogP contribution >= 0.6 is 34.8 Å². The Kier molecular flexibility index (Phi) is 6.16. The van der Waals surface area contributed by atoms with Crippen LogP contribution in [0.3, 0.4) is 0 Å². The van der Waals surface area contributed by atoms with Gasteiger partial charge in [-0.25, -0.2) is 4.90 Å². The van der Waals surface area contributed by atoms with E-state index in [1.807, 2.05) is 38.1 Å². The minimum Gasteiger partial charge on any atom is -0.495 e. The second-order valence-electron chi connectivity index (χ2n) is 7.27. The zero-order valence-electron chi connectivity index (χ0n) is 17.7. The first-order valence-corrected chi connectivity index (χ1v) is 11.3. The van der Waals surface area contributed by atoms with Crippen LogP contribution in [0.1, 0.15) is 17.0 Å². The molecule has 0 bridgehead atoms. The Morgan fingerprint density at radius 3 is 2.53 bits per heavy atom. The topological polar surface area (TPSA) is 63.6 Å². The summed E-state index contributed by atoms with van der Waals surface area (Å²) in [7, 11) is 1.52. The van der Waals surface area contributed by atoms with Crippen molar-refractivity contribution in [3.8, 4) is 11.4 Å². The van der Waals surface area contributed by atoms with E-state index in [1.165, 1.54) is 12.0 Å². The lowest BCUT2D eigenvalue weighted by Gasteiger charge is -2.29. The van der Waals surface area contributed by atoms with E-state index in [4.69, 9.17) is 17.0 Å². The number of aromatic nitrogens is 1. The molecule has 1 saturated heterocycles. The summed E-state index contributed by atoms with van der Waals surface area (Å²) in [5.74, 6) is -0.539. The van der Waals surface area contributed by atoms with Gasteiger partial charge in [0.05, 0.1) is 12.8 Å². The summed E-state index contributed by atoms with van der Waals surface area (Å²) in [4.78, 5) is 27.4. The number of nitrogens with zero attached hydrogens (tertiary/aromatic N) is 2. The van der Waals surface area contributed by atoms with Crippen molar-refractivity contribution >= 4 is 63.5 Å². The number of benzene rings is 2. The third-order valence-electron chi connectivity index (χ3n) is 5.26. The minimum absolute atomic E-state index is 0.00685. The van der Waals surface area contributed by atoms with E-state index in [9.17, 15) is 9.59 Å². The molecule has 8 heteroatoms. The van der Waals surface area contributed by atoms with Gasteiger partial charge in [0.1, 0.15) is 11.3 Å². The van der Waals surface area contributed by atoms with Gasteiger partial charge in [0.25, 0.3) is 11.8 Å². The number of halogens is 1. The number of para-hydroxylation sites is 2. The highest BCUT2D eigenvalue weighted by Crippen LogP contribution is 2.31. The minimum atomic E-state index is -0.523. The lowest BCUT2D eigenvalue weighted by molar-refractivity contribution is -0.122. The first kappa shape index (κ1) is 22.2. The molecule has 0 saturated carbocycles. The molecule has 0 aliphatic carbocycles. The molecule has 4 rings (SSSR count). The summed E-state index contributed by atoms with van der Waals surface area (Å²) >= 11 is 7.58. The van der Waals surface area contributed by atoms with Crippen molar-refractivity contribution in [2.45, 2.75) is 13.8 Å². The number of ether oxygens (including phenoxy) is 1. The highest BCUT2D eigenvalue weighted by Gasteiger charge is 2.36. The zero-order chi connectivity index (χ0) is 23.0. The van der Waals surface area contributed by atoms with Gasteiger partial charge < -0.3 is 9.30 Å². The number of carbonyl (C=O) groups is 2. The molecule has 32 heavy (non-hydrogen) atoms. The standard InChI is InChI=1S/C24H20IN3O3S/c1-14-11-16(15(2)27(14)18-8-6-7-17(25)13-18)12-19-22(29)26-24(32)28(23(19)30)20-9-4-5-10-21(20)31-3/h4-13H,1-3H3,(H,26,29,32)/b19-12+. The Balaban J connectivity index is 1.79. The molecule has 0 radical (unpaired) electrons. The fourth-order valence-corrected chi connectivity index (χ4v) is 4.59. The predicted molar refractivity (Wildman–Crippen MR) is 137 cm³/mol. The average Bonchev–Trinajstić information content (AvgIpc) is 3.04. The van der Waals surface area contributed by atoms with Gasteiger partial charge in [-0.05, 0) is 96.7 Å². The predicted octanol–water partition coefficient (Wildman–Crippen LogP) is 4.54. The maximum absolute atomic E-state index is 13.4. The molecule has 0 atom stereocenters. The Bertz CT molecular complexity index is 1300. The number of rotatable bonds is 4. The number of anilines is 1. The third-order valence-corrected chi connectivity index (χ3v) is 6.22. The Morgan fingerprint density at radius 2 is 1.81 bits per heavy atom. The van der Waals surface area contributed by atoms with E-state index in [2.05, 4.69) is 38.5 Å². The number of thiocarbonyl (C=S) groups is 1. The summed E-state index contributed by atoms with van der Waals surface area (Å²) in [5.41, 5.74) is 4.21. The lowest BCUT2D eigenvalue weighted by atomic mass is 10.1. The van der Waals surface area contributed by atoms with Crippen molar-refractivity contribution in [3.63, 3.8) is 0 Å². The van der Waals surface area contributed by atoms with E-state index in [0.717, 1.165) is 26.2 Å². The molecular formula is C24H20IN3O3S. The van der Waals surface area contributed by atoms with Crippen molar-refractivity contribution < 1.29 is 14.3 Å². The number of carbonyl (C=O) groups excluding carboxylic acids is 2. The lowest BCUT2D eigenvalue weighted by Crippen LogP contribution is -2.54. The zero-order valence-corrected chi connectivity index (χ0v) is 20.7. The molecule has 1 fully saturated rings. The van der Waals surface area contributed by atoms with Gasteiger partial charge in [0.2, 0.25) is 0 Å². The molecule has 3 aromatic rings. The normalized spacial score (nSPS) is 15.3. The first-order chi connectivity index (χ1) is 15.3. The molecule has 1 aliphatic rings. The first-order valence-electron chi connectivity index (χ1n) is 9.81. The molecule has 1 N–H and O–H groups in total. The molecule has 2 aromatic carbocycles. The summed E-state index contributed by atoms with van der Waals surface area (Å²) in [6.07, 6.45) is 1.62. The molecule has 0 unspecified atom stereocenters. The van der Waals surface area contributed by atoms with Crippen molar-refractivity contribution in [1.82, 2.24) is 9.88 Å². The molecule has 1 aliphatic heterocycles. The monoisotopic (exact) mass is 557 g/mol. The fraction of sp³-hybridized carbons (Fsp3) is 0.125. The number of amides is 2. The summed E-state index contributed by atoms with van der Waals surface area (Å²) in [6.45, 7) is 3.96. The molecule has 162 valence electrons. The van der Waals surface area contributed by atoms with Gasteiger partial charge in [0, 0.05) is 20.6 Å². The van der Waals surface area contributed by atoms with Crippen molar-refractivity contribution in [2.24, 2.45) is 0 Å². The molecule has 0 spiro atoms. The van der Waals surface area contributed by atoms with Gasteiger partial charge in [-0.15, -0.1) is 0 Å². The SMILES string of the molecule is COc1ccccc1N1C(=O)/C(=C/c2cc(C)n(-c3cccc(I)c3)c2C)C(=O)NC1=S. The Labute approximate surface area is 205 Å². The van der Waals surface area contributed by atoms with Crippen LogP contribution in [0.5, 0.6) is 5.75 Å². The van der Waals surface area contributed by atoms with Crippen LogP contribution in [-0.2, 0) is 9.59 Å². The number of nitrogens with one attached hydrogen (secondary N) is 1. The second kappa shape index (κ2) is 8.87. The highest BCUT2D eigenvalue weighted by molar-refractivity contribution is 14.1. The smallest absolute Gasteiger partial charge is 0.270 e. The van der Waals surface area contributed by atoms with Crippen LogP contribution in [0.15, 0.2) is 60.2 Å². The number of aryl methyl sites for hydroxylation is 1. The van der Waals surface area contributed by atoms with Gasteiger partial charge >= 0.3 is 0 Å². The van der Waals surface area contributed by atoms with Crippen LogP contribution in [0.2, 0.25) is 0 Å². The average molecular weight is 557 g/mol. The maximum Gasteiger partial charge on any atom is 0.270 e. The van der Waals surface area contributed by atoms with Gasteiger partial charge in [-0.2, -0.15) is 0 Å². The highest BCUT2D eigenvalue weighted by atomic mass is 127. The summed E-state index contributed by atoms with van der Waals surface area (Å²) < 4.78 is 8.60. The van der Waals surface area contributed by atoms with Crippen LogP contribution in [0.4, 0.5) is 5.69 Å². The van der Waals surface area contributed by atoms with Crippen LogP contribution < -0.4 is 15.0 Å². The van der Waals surface area contributed by atoms with Crippen LogP contribution in [-0.4, -0.2) is 28.6 Å². The van der Waals surface area contributed by atoms with Gasteiger partial charge in [-0.3, -0.25) is 14.9 Å². The molecule has 2 heterocycles. The summed E-state index contributed by atoms with van der Waals surface area (Å²) in [6, 6.07) is 17.1. The van der Waals surface area contributed by atoms with E-state index >= 15 is 0 Å². The molecule has 6 nitrogen and oxygen atoms in total. The van der Waals surface area contributed by atoms with E-state index in [-0.39, 0.29) is 10.7 Å². The van der Waals surface area contributed by atoms with Gasteiger partial charge in [0.15, 0.2) is 5.11 Å².